The van der Waals surface area contributed by atoms with Crippen LogP contribution >= 0.6 is 12.2 Å². The second-order valence-electron chi connectivity index (χ2n) is 3.69. The van der Waals surface area contributed by atoms with Crippen LogP contribution in [0.1, 0.15) is 26.7 Å². The first-order valence-electron chi connectivity index (χ1n) is 5.09. The molecule has 0 fully saturated rings. The Morgan fingerprint density at radius 1 is 1.43 bits per heavy atom. The number of nitrogens with zero attached hydrogens (tertiary/aromatic N) is 1. The van der Waals surface area contributed by atoms with Crippen LogP contribution in [0, 0.1) is 0 Å². The third-order valence-corrected chi connectivity index (χ3v) is 2.37. The van der Waals surface area contributed by atoms with Crippen LogP contribution in [-0.2, 0) is 4.74 Å². The molecule has 0 saturated heterocycles. The molecule has 0 aliphatic carbocycles. The van der Waals surface area contributed by atoms with Crippen molar-refractivity contribution in [1.82, 2.24) is 4.90 Å². The zero-order chi connectivity index (χ0) is 11.0. The van der Waals surface area contributed by atoms with Gasteiger partial charge in [-0.25, -0.2) is 0 Å². The largest absolute Gasteiger partial charge is 0.393 e. The summed E-state index contributed by atoms with van der Waals surface area (Å²) in [5.74, 6) is 0. The van der Waals surface area contributed by atoms with E-state index in [-0.39, 0.29) is 0 Å². The van der Waals surface area contributed by atoms with Crippen molar-refractivity contribution in [3.05, 3.63) is 0 Å². The molecule has 0 radical (unpaired) electrons. The predicted molar refractivity (Wildman–Crippen MR) is 64.6 cm³/mol. The zero-order valence-corrected chi connectivity index (χ0v) is 10.3. The third kappa shape index (κ3) is 7.24. The standard InChI is InChI=1S/C10H22N2OS/c1-9(2)12(6-4-8-13-3)7-5-10(11)14/h9H,4-8H2,1-3H3,(H2,11,14). The number of thiocarbonyl (C=S) groups is 1. The van der Waals surface area contributed by atoms with Crippen LogP contribution in [0.3, 0.4) is 0 Å². The molecule has 14 heavy (non-hydrogen) atoms. The topological polar surface area (TPSA) is 38.5 Å². The van der Waals surface area contributed by atoms with E-state index >= 15 is 0 Å². The second-order valence-corrected chi connectivity index (χ2v) is 4.22. The van der Waals surface area contributed by atoms with Crippen LogP contribution in [0.15, 0.2) is 0 Å². The van der Waals surface area contributed by atoms with Crippen molar-refractivity contribution >= 4 is 17.2 Å². The van der Waals surface area contributed by atoms with Crippen molar-refractivity contribution < 1.29 is 4.74 Å². The van der Waals surface area contributed by atoms with E-state index in [4.69, 9.17) is 22.7 Å². The molecule has 0 aromatic carbocycles. The van der Waals surface area contributed by atoms with E-state index in [9.17, 15) is 0 Å². The molecule has 0 aromatic rings. The SMILES string of the molecule is COCCCN(CCC(N)=S)C(C)C. The van der Waals surface area contributed by atoms with E-state index in [1.54, 1.807) is 7.11 Å². The lowest BCUT2D eigenvalue weighted by molar-refractivity contribution is 0.160. The van der Waals surface area contributed by atoms with Crippen molar-refractivity contribution in [2.75, 3.05) is 26.8 Å². The van der Waals surface area contributed by atoms with Crippen LogP contribution in [0.25, 0.3) is 0 Å². The molecule has 0 bridgehead atoms. The molecule has 84 valence electrons. The number of hydrogen-bond acceptors (Lipinski definition) is 3. The second kappa shape index (κ2) is 8.15. The Balaban J connectivity index is 3.72. The Morgan fingerprint density at radius 2 is 2.07 bits per heavy atom. The highest BCUT2D eigenvalue weighted by molar-refractivity contribution is 7.80. The van der Waals surface area contributed by atoms with Crippen LogP contribution in [0.4, 0.5) is 0 Å². The molecular weight excluding hydrogens is 196 g/mol. The van der Waals surface area contributed by atoms with Crippen LogP contribution in [-0.4, -0.2) is 42.7 Å². The molecular formula is C10H22N2OS. The van der Waals surface area contributed by atoms with Gasteiger partial charge in [0.25, 0.3) is 0 Å². The molecule has 0 saturated carbocycles. The smallest absolute Gasteiger partial charge is 0.0740 e. The molecule has 0 spiro atoms. The van der Waals surface area contributed by atoms with Gasteiger partial charge in [0.1, 0.15) is 0 Å². The number of methoxy groups -OCH3 is 1. The van der Waals surface area contributed by atoms with Crippen molar-refractivity contribution in [2.45, 2.75) is 32.7 Å². The summed E-state index contributed by atoms with van der Waals surface area (Å²) < 4.78 is 5.02. The Kier molecular flexibility index (Phi) is 8.04. The zero-order valence-electron chi connectivity index (χ0n) is 9.45. The molecule has 0 aliphatic heterocycles. The lowest BCUT2D eigenvalue weighted by Gasteiger charge is -2.26. The first kappa shape index (κ1) is 13.8. The molecule has 0 unspecified atom stereocenters. The molecule has 3 nitrogen and oxygen atoms in total. The molecule has 0 rings (SSSR count). The summed E-state index contributed by atoms with van der Waals surface area (Å²) in [6, 6.07) is 0.543. The van der Waals surface area contributed by atoms with E-state index in [0.717, 1.165) is 32.5 Å². The fourth-order valence-electron chi connectivity index (χ4n) is 1.29. The van der Waals surface area contributed by atoms with Crippen LogP contribution < -0.4 is 5.73 Å². The highest BCUT2D eigenvalue weighted by Crippen LogP contribution is 2.01. The van der Waals surface area contributed by atoms with E-state index in [2.05, 4.69) is 18.7 Å². The molecule has 0 atom stereocenters. The van der Waals surface area contributed by atoms with E-state index < -0.39 is 0 Å². The third-order valence-electron chi connectivity index (χ3n) is 2.17. The Bertz CT molecular complexity index is 162. The first-order valence-corrected chi connectivity index (χ1v) is 5.50. The lowest BCUT2D eigenvalue weighted by atomic mass is 10.2. The Labute approximate surface area is 92.6 Å². The average Bonchev–Trinajstić information content (AvgIpc) is 2.10. The normalized spacial score (nSPS) is 11.2. The summed E-state index contributed by atoms with van der Waals surface area (Å²) in [7, 11) is 1.73. The monoisotopic (exact) mass is 218 g/mol. The lowest BCUT2D eigenvalue weighted by Crippen LogP contribution is -2.34. The van der Waals surface area contributed by atoms with Crippen molar-refractivity contribution in [3.63, 3.8) is 0 Å². The molecule has 0 heterocycles. The number of nitrogens with two attached hydrogens (primary N) is 1. The highest BCUT2D eigenvalue weighted by Gasteiger charge is 2.08. The van der Waals surface area contributed by atoms with Gasteiger partial charge in [-0.3, -0.25) is 0 Å². The van der Waals surface area contributed by atoms with E-state index in [0.29, 0.717) is 11.0 Å². The van der Waals surface area contributed by atoms with Crippen molar-refractivity contribution in [2.24, 2.45) is 5.73 Å². The minimum absolute atomic E-state index is 0.543. The summed E-state index contributed by atoms with van der Waals surface area (Å²) in [6.07, 6.45) is 1.87. The van der Waals surface area contributed by atoms with Gasteiger partial charge in [0.05, 0.1) is 4.99 Å². The Hall–Kier alpha value is -0.190. The average molecular weight is 218 g/mol. The maximum Gasteiger partial charge on any atom is 0.0740 e. The van der Waals surface area contributed by atoms with Crippen LogP contribution in [0.5, 0.6) is 0 Å². The molecule has 0 aromatic heterocycles. The van der Waals surface area contributed by atoms with Crippen LogP contribution in [0.2, 0.25) is 0 Å². The minimum atomic E-state index is 0.543. The van der Waals surface area contributed by atoms with E-state index in [1.165, 1.54) is 0 Å². The fourth-order valence-corrected chi connectivity index (χ4v) is 1.39. The van der Waals surface area contributed by atoms with Gasteiger partial charge in [-0.05, 0) is 20.3 Å². The van der Waals surface area contributed by atoms with Gasteiger partial charge in [-0.2, -0.15) is 0 Å². The molecule has 2 N–H and O–H groups in total. The molecule has 4 heteroatoms. The maximum absolute atomic E-state index is 5.48. The van der Waals surface area contributed by atoms with Gasteiger partial charge >= 0.3 is 0 Å². The predicted octanol–water partition coefficient (Wildman–Crippen LogP) is 1.41. The number of rotatable bonds is 8. The van der Waals surface area contributed by atoms with Gasteiger partial charge in [0, 0.05) is 39.3 Å². The quantitative estimate of drug-likeness (QED) is 0.494. The first-order chi connectivity index (χ1) is 6.57. The van der Waals surface area contributed by atoms with Gasteiger partial charge in [-0.15, -0.1) is 0 Å². The molecule has 0 amide bonds. The van der Waals surface area contributed by atoms with E-state index in [1.807, 2.05) is 0 Å². The van der Waals surface area contributed by atoms with Gasteiger partial charge in [0.15, 0.2) is 0 Å². The molecule has 0 aliphatic rings. The summed E-state index contributed by atoms with van der Waals surface area (Å²) in [6.45, 7) is 7.19. The van der Waals surface area contributed by atoms with Gasteiger partial charge in [0.2, 0.25) is 0 Å². The summed E-state index contributed by atoms with van der Waals surface area (Å²) in [5.41, 5.74) is 5.48. The van der Waals surface area contributed by atoms with Crippen molar-refractivity contribution in [3.8, 4) is 0 Å². The van der Waals surface area contributed by atoms with Gasteiger partial charge in [-0.1, -0.05) is 12.2 Å². The summed E-state index contributed by atoms with van der Waals surface area (Å²) >= 11 is 4.86. The maximum atomic E-state index is 5.48. The number of ether oxygens (including phenoxy) is 1. The van der Waals surface area contributed by atoms with Gasteiger partial charge < -0.3 is 15.4 Å². The fraction of sp³-hybridized carbons (Fsp3) is 0.900. The van der Waals surface area contributed by atoms with Crippen molar-refractivity contribution in [1.29, 1.82) is 0 Å². The Morgan fingerprint density at radius 3 is 2.50 bits per heavy atom. The number of hydrogen-bond donors (Lipinski definition) is 1. The summed E-state index contributed by atoms with van der Waals surface area (Å²) in [4.78, 5) is 2.97. The highest BCUT2D eigenvalue weighted by atomic mass is 32.1. The summed E-state index contributed by atoms with van der Waals surface area (Å²) in [5, 5.41) is 0. The minimum Gasteiger partial charge on any atom is -0.393 e.